The van der Waals surface area contributed by atoms with E-state index < -0.39 is 5.97 Å². The molecule has 0 aromatic heterocycles. The van der Waals surface area contributed by atoms with Crippen molar-refractivity contribution in [3.05, 3.63) is 83.3 Å². The highest BCUT2D eigenvalue weighted by Crippen LogP contribution is 2.35. The minimum Gasteiger partial charge on any atom is -0.482 e. The number of rotatable bonds is 6. The van der Waals surface area contributed by atoms with E-state index in [2.05, 4.69) is 20.8 Å². The number of carboxylic acids is 1. The molecule has 0 bridgehead atoms. The van der Waals surface area contributed by atoms with Gasteiger partial charge in [-0.1, -0.05) is 34.1 Å². The summed E-state index contributed by atoms with van der Waals surface area (Å²) >= 11 is 3.46. The number of carbonyl (C=O) groups is 1. The number of para-hydroxylation sites is 1. The zero-order valence-corrected chi connectivity index (χ0v) is 14.9. The number of benzene rings is 3. The Morgan fingerprint density at radius 1 is 0.840 bits per heavy atom. The second-order valence-electron chi connectivity index (χ2n) is 5.32. The molecule has 0 heterocycles. The van der Waals surface area contributed by atoms with E-state index in [1.807, 2.05) is 66.7 Å². The van der Waals surface area contributed by atoms with Gasteiger partial charge in [0.25, 0.3) is 0 Å². The Labute approximate surface area is 154 Å². The van der Waals surface area contributed by atoms with E-state index in [1.54, 1.807) is 12.1 Å². The Morgan fingerprint density at radius 2 is 1.36 bits per heavy atom. The van der Waals surface area contributed by atoms with Gasteiger partial charge in [-0.05, 0) is 60.7 Å². The maximum Gasteiger partial charge on any atom is 0.341 e. The monoisotopic (exact) mass is 397 g/mol. The summed E-state index contributed by atoms with van der Waals surface area (Å²) in [6.07, 6.45) is 0. The molecule has 25 heavy (non-hydrogen) atoms. The molecule has 3 aromatic carbocycles. The molecule has 5 heteroatoms. The SMILES string of the molecule is O=C(O)COc1ccc(N(c2ccccc2)c2ccc(Br)cc2)cc1. The van der Waals surface area contributed by atoms with E-state index >= 15 is 0 Å². The summed E-state index contributed by atoms with van der Waals surface area (Å²) in [6, 6.07) is 25.5. The summed E-state index contributed by atoms with van der Waals surface area (Å²) < 4.78 is 6.22. The summed E-state index contributed by atoms with van der Waals surface area (Å²) in [5.74, 6) is -0.472. The van der Waals surface area contributed by atoms with Gasteiger partial charge in [-0.3, -0.25) is 0 Å². The van der Waals surface area contributed by atoms with Crippen molar-refractivity contribution in [1.29, 1.82) is 0 Å². The fourth-order valence-electron chi connectivity index (χ4n) is 2.45. The van der Waals surface area contributed by atoms with Crippen LogP contribution in [0.3, 0.4) is 0 Å². The largest absolute Gasteiger partial charge is 0.482 e. The van der Waals surface area contributed by atoms with Gasteiger partial charge < -0.3 is 14.7 Å². The van der Waals surface area contributed by atoms with Crippen molar-refractivity contribution >= 4 is 39.0 Å². The Kier molecular flexibility index (Phi) is 5.36. The highest BCUT2D eigenvalue weighted by atomic mass is 79.9. The van der Waals surface area contributed by atoms with Crippen LogP contribution in [0.4, 0.5) is 17.1 Å². The molecule has 0 radical (unpaired) electrons. The lowest BCUT2D eigenvalue weighted by atomic mass is 10.2. The molecule has 126 valence electrons. The first-order valence-electron chi connectivity index (χ1n) is 7.69. The van der Waals surface area contributed by atoms with Gasteiger partial charge in [0.2, 0.25) is 0 Å². The molecule has 3 rings (SSSR count). The second kappa shape index (κ2) is 7.85. The average molecular weight is 398 g/mol. The highest BCUT2D eigenvalue weighted by molar-refractivity contribution is 9.10. The summed E-state index contributed by atoms with van der Waals surface area (Å²) in [4.78, 5) is 12.7. The Balaban J connectivity index is 1.94. The molecule has 1 N–H and O–H groups in total. The predicted octanol–water partition coefficient (Wildman–Crippen LogP) is 5.38. The van der Waals surface area contributed by atoms with E-state index in [4.69, 9.17) is 9.84 Å². The molecule has 0 fully saturated rings. The van der Waals surface area contributed by atoms with Crippen molar-refractivity contribution in [2.75, 3.05) is 11.5 Å². The van der Waals surface area contributed by atoms with Crippen LogP contribution in [0.5, 0.6) is 5.75 Å². The van der Waals surface area contributed by atoms with E-state index in [0.717, 1.165) is 21.5 Å². The minimum atomic E-state index is -0.996. The van der Waals surface area contributed by atoms with Crippen LogP contribution in [0, 0.1) is 0 Å². The number of carboxylic acid groups (broad SMARTS) is 1. The average Bonchev–Trinajstić information content (AvgIpc) is 2.64. The van der Waals surface area contributed by atoms with E-state index in [-0.39, 0.29) is 6.61 Å². The third kappa shape index (κ3) is 4.39. The first kappa shape index (κ1) is 17.0. The topological polar surface area (TPSA) is 49.8 Å². The van der Waals surface area contributed by atoms with Crippen LogP contribution in [-0.2, 0) is 4.79 Å². The van der Waals surface area contributed by atoms with Gasteiger partial charge in [-0.25, -0.2) is 4.79 Å². The number of ether oxygens (including phenoxy) is 1. The van der Waals surface area contributed by atoms with Crippen LogP contribution in [-0.4, -0.2) is 17.7 Å². The quantitative estimate of drug-likeness (QED) is 0.606. The zero-order valence-electron chi connectivity index (χ0n) is 13.3. The molecule has 0 aliphatic carbocycles. The smallest absolute Gasteiger partial charge is 0.341 e. The van der Waals surface area contributed by atoms with Crippen molar-refractivity contribution in [1.82, 2.24) is 0 Å². The summed E-state index contributed by atoms with van der Waals surface area (Å²) in [7, 11) is 0. The Hall–Kier alpha value is -2.79. The van der Waals surface area contributed by atoms with Crippen LogP contribution in [0.15, 0.2) is 83.3 Å². The fourth-order valence-corrected chi connectivity index (χ4v) is 2.72. The Bertz CT molecular complexity index is 833. The number of hydrogen-bond donors (Lipinski definition) is 1. The van der Waals surface area contributed by atoms with Crippen molar-refractivity contribution < 1.29 is 14.6 Å². The molecule has 0 saturated carbocycles. The van der Waals surface area contributed by atoms with Crippen molar-refractivity contribution in [2.45, 2.75) is 0 Å². The normalized spacial score (nSPS) is 10.3. The molecule has 0 aliphatic rings. The first-order valence-corrected chi connectivity index (χ1v) is 8.48. The molecule has 0 saturated heterocycles. The van der Waals surface area contributed by atoms with Crippen molar-refractivity contribution in [3.63, 3.8) is 0 Å². The van der Waals surface area contributed by atoms with Gasteiger partial charge >= 0.3 is 5.97 Å². The lowest BCUT2D eigenvalue weighted by Crippen LogP contribution is -2.11. The van der Waals surface area contributed by atoms with Gasteiger partial charge in [0.15, 0.2) is 6.61 Å². The third-order valence-corrected chi connectivity index (χ3v) is 4.09. The number of nitrogens with zero attached hydrogens (tertiary/aromatic N) is 1. The van der Waals surface area contributed by atoms with Crippen LogP contribution in [0.25, 0.3) is 0 Å². The summed E-state index contributed by atoms with van der Waals surface area (Å²) in [6.45, 7) is -0.353. The first-order chi connectivity index (χ1) is 12.1. The predicted molar refractivity (Wildman–Crippen MR) is 102 cm³/mol. The number of hydrogen-bond acceptors (Lipinski definition) is 3. The molecular weight excluding hydrogens is 382 g/mol. The number of anilines is 3. The lowest BCUT2D eigenvalue weighted by Gasteiger charge is -2.25. The number of halogens is 1. The van der Waals surface area contributed by atoms with Crippen LogP contribution in [0.2, 0.25) is 0 Å². The van der Waals surface area contributed by atoms with Gasteiger partial charge in [-0.15, -0.1) is 0 Å². The van der Waals surface area contributed by atoms with Gasteiger partial charge in [0, 0.05) is 21.5 Å². The minimum absolute atomic E-state index is 0.353. The van der Waals surface area contributed by atoms with Gasteiger partial charge in [0.1, 0.15) is 5.75 Å². The summed E-state index contributed by atoms with van der Waals surface area (Å²) in [5.41, 5.74) is 3.01. The van der Waals surface area contributed by atoms with Crippen LogP contribution >= 0.6 is 15.9 Å². The van der Waals surface area contributed by atoms with E-state index in [1.165, 1.54) is 0 Å². The molecule has 4 nitrogen and oxygen atoms in total. The summed E-state index contributed by atoms with van der Waals surface area (Å²) in [5, 5.41) is 8.70. The van der Waals surface area contributed by atoms with Gasteiger partial charge in [-0.2, -0.15) is 0 Å². The fraction of sp³-hybridized carbons (Fsp3) is 0.0500. The molecular formula is C20H16BrNO3. The maximum atomic E-state index is 10.6. The van der Waals surface area contributed by atoms with Crippen LogP contribution < -0.4 is 9.64 Å². The molecule has 0 atom stereocenters. The standard InChI is InChI=1S/C20H16BrNO3/c21-15-6-8-17(9-7-15)22(16-4-2-1-3-5-16)18-10-12-19(13-11-18)25-14-20(23)24/h1-13H,14H2,(H,23,24). The molecule has 0 spiro atoms. The van der Waals surface area contributed by atoms with Crippen molar-refractivity contribution in [2.24, 2.45) is 0 Å². The molecule has 0 unspecified atom stereocenters. The maximum absolute atomic E-state index is 10.6. The molecule has 0 aliphatic heterocycles. The Morgan fingerprint density at radius 3 is 1.92 bits per heavy atom. The van der Waals surface area contributed by atoms with E-state index in [0.29, 0.717) is 5.75 Å². The van der Waals surface area contributed by atoms with Gasteiger partial charge in [0.05, 0.1) is 0 Å². The number of aliphatic carboxylic acids is 1. The zero-order chi connectivity index (χ0) is 17.6. The lowest BCUT2D eigenvalue weighted by molar-refractivity contribution is -0.139. The van der Waals surface area contributed by atoms with E-state index in [9.17, 15) is 4.79 Å². The third-order valence-electron chi connectivity index (χ3n) is 3.56. The molecule has 3 aromatic rings. The molecule has 0 amide bonds. The van der Waals surface area contributed by atoms with Crippen LogP contribution in [0.1, 0.15) is 0 Å². The second-order valence-corrected chi connectivity index (χ2v) is 6.24. The highest BCUT2D eigenvalue weighted by Gasteiger charge is 2.12. The van der Waals surface area contributed by atoms with Crippen molar-refractivity contribution in [3.8, 4) is 5.75 Å².